The zero-order chi connectivity index (χ0) is 16.8. The largest absolute Gasteiger partial charge is 0.497 e. The van der Waals surface area contributed by atoms with E-state index in [4.69, 9.17) is 9.47 Å². The first-order chi connectivity index (χ1) is 11.7. The lowest BCUT2D eigenvalue weighted by Crippen LogP contribution is -2.43. The molecule has 0 N–H and O–H groups in total. The minimum atomic E-state index is 0.0784. The standard InChI is InChI=1S/C17H22N4O3/c1-23-15-4-6-16(7-5-15)24-13-14-3-2-9-20(11-14)17(22)12-21-10-8-18-19-21/h4-8,10,14H,2-3,9,11-13H2,1H3/t14-/m0/s1. The molecule has 1 fully saturated rings. The number of amides is 1. The van der Waals surface area contributed by atoms with Gasteiger partial charge in [0.1, 0.15) is 18.0 Å². The van der Waals surface area contributed by atoms with E-state index < -0.39 is 0 Å². The summed E-state index contributed by atoms with van der Waals surface area (Å²) in [5, 5.41) is 7.57. The van der Waals surface area contributed by atoms with Crippen molar-refractivity contribution in [3.63, 3.8) is 0 Å². The molecule has 24 heavy (non-hydrogen) atoms. The molecule has 0 saturated carbocycles. The predicted molar refractivity (Wildman–Crippen MR) is 87.8 cm³/mol. The number of likely N-dealkylation sites (tertiary alicyclic amines) is 1. The normalized spacial score (nSPS) is 17.5. The molecular weight excluding hydrogens is 308 g/mol. The van der Waals surface area contributed by atoms with Gasteiger partial charge in [-0.05, 0) is 37.1 Å². The molecule has 2 aromatic rings. The average molecular weight is 330 g/mol. The highest BCUT2D eigenvalue weighted by molar-refractivity contribution is 5.76. The third-order valence-corrected chi connectivity index (χ3v) is 4.19. The first-order valence-corrected chi connectivity index (χ1v) is 8.13. The zero-order valence-corrected chi connectivity index (χ0v) is 13.8. The Kier molecular flexibility index (Phi) is 5.30. The van der Waals surface area contributed by atoms with E-state index in [9.17, 15) is 4.79 Å². The van der Waals surface area contributed by atoms with Gasteiger partial charge < -0.3 is 14.4 Å². The summed E-state index contributed by atoms with van der Waals surface area (Å²) in [6, 6.07) is 7.55. The van der Waals surface area contributed by atoms with Crippen LogP contribution in [0.15, 0.2) is 36.7 Å². The summed E-state index contributed by atoms with van der Waals surface area (Å²) in [4.78, 5) is 14.2. The van der Waals surface area contributed by atoms with Gasteiger partial charge in [-0.25, -0.2) is 4.68 Å². The molecule has 1 amide bonds. The van der Waals surface area contributed by atoms with Crippen molar-refractivity contribution >= 4 is 5.91 Å². The van der Waals surface area contributed by atoms with Gasteiger partial charge in [-0.1, -0.05) is 5.21 Å². The van der Waals surface area contributed by atoms with Crippen LogP contribution in [0.4, 0.5) is 0 Å². The predicted octanol–water partition coefficient (Wildman–Crippen LogP) is 1.60. The molecule has 1 aliphatic heterocycles. The zero-order valence-electron chi connectivity index (χ0n) is 13.8. The Morgan fingerprint density at radius 1 is 1.29 bits per heavy atom. The fraction of sp³-hybridized carbons (Fsp3) is 0.471. The minimum Gasteiger partial charge on any atom is -0.497 e. The van der Waals surface area contributed by atoms with Gasteiger partial charge in [0, 0.05) is 25.2 Å². The highest BCUT2D eigenvalue weighted by Crippen LogP contribution is 2.21. The lowest BCUT2D eigenvalue weighted by atomic mass is 9.99. The molecule has 1 atom stereocenters. The SMILES string of the molecule is COc1ccc(OC[C@H]2CCCN(C(=O)Cn3ccnn3)C2)cc1. The first kappa shape index (κ1) is 16.3. The highest BCUT2D eigenvalue weighted by Gasteiger charge is 2.24. The summed E-state index contributed by atoms with van der Waals surface area (Å²) in [5.41, 5.74) is 0. The maximum absolute atomic E-state index is 12.3. The number of hydrogen-bond donors (Lipinski definition) is 0. The summed E-state index contributed by atoms with van der Waals surface area (Å²) >= 11 is 0. The number of nitrogens with zero attached hydrogens (tertiary/aromatic N) is 4. The molecule has 0 bridgehead atoms. The van der Waals surface area contributed by atoms with Gasteiger partial charge in [0.15, 0.2) is 0 Å². The van der Waals surface area contributed by atoms with E-state index in [1.54, 1.807) is 24.2 Å². The number of methoxy groups -OCH3 is 1. The van der Waals surface area contributed by atoms with Gasteiger partial charge >= 0.3 is 0 Å². The van der Waals surface area contributed by atoms with E-state index in [0.29, 0.717) is 12.5 Å². The van der Waals surface area contributed by atoms with Crippen LogP contribution in [0.2, 0.25) is 0 Å². The van der Waals surface area contributed by atoms with E-state index in [1.165, 1.54) is 0 Å². The molecule has 0 unspecified atom stereocenters. The Hall–Kier alpha value is -2.57. The van der Waals surface area contributed by atoms with Crippen molar-refractivity contribution in [1.29, 1.82) is 0 Å². The van der Waals surface area contributed by atoms with E-state index in [0.717, 1.165) is 37.4 Å². The molecule has 1 aromatic carbocycles. The Morgan fingerprint density at radius 3 is 2.79 bits per heavy atom. The Morgan fingerprint density at radius 2 is 2.08 bits per heavy atom. The summed E-state index contributed by atoms with van der Waals surface area (Å²) in [6.07, 6.45) is 5.35. The molecule has 1 aromatic heterocycles. The molecule has 0 radical (unpaired) electrons. The van der Waals surface area contributed by atoms with Gasteiger partial charge in [0.2, 0.25) is 5.91 Å². The van der Waals surface area contributed by atoms with Crippen LogP contribution in [0.3, 0.4) is 0 Å². The van der Waals surface area contributed by atoms with Crippen molar-refractivity contribution in [2.75, 3.05) is 26.8 Å². The van der Waals surface area contributed by atoms with Crippen molar-refractivity contribution in [1.82, 2.24) is 19.9 Å². The van der Waals surface area contributed by atoms with Crippen LogP contribution in [0.5, 0.6) is 11.5 Å². The number of aromatic nitrogens is 3. The van der Waals surface area contributed by atoms with E-state index in [-0.39, 0.29) is 12.5 Å². The van der Waals surface area contributed by atoms with Gasteiger partial charge in [0.05, 0.1) is 19.9 Å². The summed E-state index contributed by atoms with van der Waals surface area (Å²) in [5.74, 6) is 2.06. The second kappa shape index (κ2) is 7.81. The molecule has 2 heterocycles. The maximum Gasteiger partial charge on any atom is 0.244 e. The number of piperidine rings is 1. The Balaban J connectivity index is 1.48. The Labute approximate surface area is 141 Å². The van der Waals surface area contributed by atoms with Gasteiger partial charge in [0.25, 0.3) is 0 Å². The van der Waals surface area contributed by atoms with Crippen molar-refractivity contribution in [3.05, 3.63) is 36.7 Å². The summed E-state index contributed by atoms with van der Waals surface area (Å²) in [7, 11) is 1.64. The van der Waals surface area contributed by atoms with Gasteiger partial charge in [-0.2, -0.15) is 0 Å². The summed E-state index contributed by atoms with van der Waals surface area (Å²) < 4.78 is 12.5. The van der Waals surface area contributed by atoms with Crippen molar-refractivity contribution in [2.45, 2.75) is 19.4 Å². The maximum atomic E-state index is 12.3. The minimum absolute atomic E-state index is 0.0784. The Bertz CT molecular complexity index is 642. The number of benzene rings is 1. The molecule has 128 valence electrons. The molecule has 7 heteroatoms. The van der Waals surface area contributed by atoms with Crippen LogP contribution >= 0.6 is 0 Å². The average Bonchev–Trinajstić information content (AvgIpc) is 3.13. The van der Waals surface area contributed by atoms with Crippen molar-refractivity contribution in [2.24, 2.45) is 5.92 Å². The van der Waals surface area contributed by atoms with Crippen LogP contribution in [0.25, 0.3) is 0 Å². The topological polar surface area (TPSA) is 69.5 Å². The summed E-state index contributed by atoms with van der Waals surface area (Å²) in [6.45, 7) is 2.38. The smallest absolute Gasteiger partial charge is 0.244 e. The molecule has 1 aliphatic rings. The lowest BCUT2D eigenvalue weighted by Gasteiger charge is -2.32. The number of carbonyl (C=O) groups excluding carboxylic acids is 1. The quantitative estimate of drug-likeness (QED) is 0.805. The van der Waals surface area contributed by atoms with Gasteiger partial charge in [-0.15, -0.1) is 5.10 Å². The van der Waals surface area contributed by atoms with Crippen LogP contribution in [-0.2, 0) is 11.3 Å². The van der Waals surface area contributed by atoms with Crippen LogP contribution in [-0.4, -0.2) is 52.6 Å². The highest BCUT2D eigenvalue weighted by atomic mass is 16.5. The van der Waals surface area contributed by atoms with Crippen LogP contribution < -0.4 is 9.47 Å². The molecule has 1 saturated heterocycles. The van der Waals surface area contributed by atoms with Crippen LogP contribution in [0, 0.1) is 5.92 Å². The first-order valence-electron chi connectivity index (χ1n) is 8.13. The number of rotatable bonds is 6. The second-order valence-electron chi connectivity index (χ2n) is 5.94. The van der Waals surface area contributed by atoms with Crippen molar-refractivity contribution in [3.8, 4) is 11.5 Å². The van der Waals surface area contributed by atoms with Crippen LogP contribution in [0.1, 0.15) is 12.8 Å². The number of carbonyl (C=O) groups is 1. The molecule has 3 rings (SSSR count). The third-order valence-electron chi connectivity index (χ3n) is 4.19. The van der Waals surface area contributed by atoms with Crippen molar-refractivity contribution < 1.29 is 14.3 Å². The number of ether oxygens (including phenoxy) is 2. The van der Waals surface area contributed by atoms with E-state index in [1.807, 2.05) is 29.2 Å². The molecular formula is C17H22N4O3. The van der Waals surface area contributed by atoms with E-state index >= 15 is 0 Å². The van der Waals surface area contributed by atoms with Gasteiger partial charge in [-0.3, -0.25) is 4.79 Å². The lowest BCUT2D eigenvalue weighted by molar-refractivity contribution is -0.134. The third kappa shape index (κ3) is 4.24. The monoisotopic (exact) mass is 330 g/mol. The molecule has 0 aliphatic carbocycles. The molecule has 0 spiro atoms. The second-order valence-corrected chi connectivity index (χ2v) is 5.94. The van der Waals surface area contributed by atoms with E-state index in [2.05, 4.69) is 10.3 Å². The fourth-order valence-electron chi connectivity index (χ4n) is 2.87. The fourth-order valence-corrected chi connectivity index (χ4v) is 2.87. The number of hydrogen-bond acceptors (Lipinski definition) is 5. The molecule has 7 nitrogen and oxygen atoms in total.